The predicted octanol–water partition coefficient (Wildman–Crippen LogP) is 1.82. The highest BCUT2D eigenvalue weighted by molar-refractivity contribution is 6.08. The molecular weight excluding hydrogens is 358 g/mol. The Morgan fingerprint density at radius 2 is 1.75 bits per heavy atom. The van der Waals surface area contributed by atoms with Gasteiger partial charge in [-0.1, -0.05) is 12.1 Å². The second-order valence-corrected chi connectivity index (χ2v) is 6.62. The maximum absolute atomic E-state index is 13.1. The second-order valence-electron chi connectivity index (χ2n) is 6.62. The van der Waals surface area contributed by atoms with Crippen LogP contribution in [0.4, 0.5) is 5.69 Å². The van der Waals surface area contributed by atoms with Crippen LogP contribution in [0, 0.1) is 11.3 Å². The van der Waals surface area contributed by atoms with Gasteiger partial charge in [0.15, 0.2) is 6.10 Å². The van der Waals surface area contributed by atoms with Crippen LogP contribution in [0.2, 0.25) is 0 Å². The van der Waals surface area contributed by atoms with Gasteiger partial charge in [0.05, 0.1) is 37.1 Å². The molecule has 142 valence electrons. The minimum absolute atomic E-state index is 0.131. The fourth-order valence-corrected chi connectivity index (χ4v) is 3.39. The molecule has 2 heterocycles. The van der Waals surface area contributed by atoms with Crippen molar-refractivity contribution in [3.63, 3.8) is 0 Å². The highest BCUT2D eigenvalue weighted by atomic mass is 16.5. The number of ether oxygens (including phenoxy) is 2. The van der Waals surface area contributed by atoms with Crippen molar-refractivity contribution in [2.75, 3.05) is 37.7 Å². The molecule has 0 aromatic heterocycles. The van der Waals surface area contributed by atoms with Crippen LogP contribution in [0.5, 0.6) is 5.75 Å². The summed E-state index contributed by atoms with van der Waals surface area (Å²) in [6.07, 6.45) is -0.768. The Kier molecular flexibility index (Phi) is 4.96. The van der Waals surface area contributed by atoms with Crippen LogP contribution >= 0.6 is 0 Å². The highest BCUT2D eigenvalue weighted by Gasteiger charge is 2.36. The van der Waals surface area contributed by atoms with Crippen molar-refractivity contribution in [1.29, 1.82) is 5.26 Å². The first-order valence-electron chi connectivity index (χ1n) is 9.11. The number of nitrogens with zero attached hydrogens (tertiary/aromatic N) is 3. The van der Waals surface area contributed by atoms with Crippen LogP contribution in [-0.2, 0) is 9.53 Å². The van der Waals surface area contributed by atoms with Gasteiger partial charge in [-0.05, 0) is 36.4 Å². The first kappa shape index (κ1) is 18.0. The summed E-state index contributed by atoms with van der Waals surface area (Å²) in [6, 6.07) is 15.7. The monoisotopic (exact) mass is 377 g/mol. The van der Waals surface area contributed by atoms with Gasteiger partial charge < -0.3 is 19.3 Å². The number of carbonyl (C=O) groups excluding carboxylic acids is 2. The predicted molar refractivity (Wildman–Crippen MR) is 101 cm³/mol. The Bertz CT molecular complexity index is 929. The third kappa shape index (κ3) is 3.42. The smallest absolute Gasteiger partial charge is 0.265 e. The van der Waals surface area contributed by atoms with E-state index in [-0.39, 0.29) is 18.4 Å². The summed E-state index contributed by atoms with van der Waals surface area (Å²) >= 11 is 0. The molecule has 7 heteroatoms. The third-order valence-corrected chi connectivity index (χ3v) is 4.88. The number of fused-ring (bicyclic) bond motifs is 1. The van der Waals surface area contributed by atoms with E-state index in [0.29, 0.717) is 48.9 Å². The van der Waals surface area contributed by atoms with Gasteiger partial charge in [-0.2, -0.15) is 5.26 Å². The van der Waals surface area contributed by atoms with Gasteiger partial charge in [-0.25, -0.2) is 0 Å². The zero-order valence-electron chi connectivity index (χ0n) is 15.2. The van der Waals surface area contributed by atoms with E-state index in [0.717, 1.165) is 0 Å². The molecule has 1 atom stereocenters. The zero-order chi connectivity index (χ0) is 19.5. The molecule has 2 aromatic carbocycles. The fourth-order valence-electron chi connectivity index (χ4n) is 3.39. The summed E-state index contributed by atoms with van der Waals surface area (Å²) in [7, 11) is 0. The van der Waals surface area contributed by atoms with Gasteiger partial charge >= 0.3 is 0 Å². The lowest BCUT2D eigenvalue weighted by atomic mass is 10.1. The molecule has 0 bridgehead atoms. The number of benzene rings is 2. The first-order chi connectivity index (χ1) is 13.7. The largest absolute Gasteiger partial charge is 0.476 e. The lowest BCUT2D eigenvalue weighted by Crippen LogP contribution is -2.54. The molecule has 7 nitrogen and oxygen atoms in total. The standard InChI is InChI=1S/C21H19N3O4/c22-13-15-5-7-16(8-6-15)20(25)24-14-19(21(26)23-9-11-27-12-10-23)28-18-4-2-1-3-17(18)24/h1-8,19H,9-12,14H2/t19-/m0/s1. The fraction of sp³-hybridized carbons (Fsp3) is 0.286. The molecule has 4 rings (SSSR count). The molecule has 0 radical (unpaired) electrons. The van der Waals surface area contributed by atoms with Gasteiger partial charge in [0.2, 0.25) is 0 Å². The zero-order valence-corrected chi connectivity index (χ0v) is 15.2. The number of carbonyl (C=O) groups is 2. The van der Waals surface area contributed by atoms with Crippen LogP contribution in [0.3, 0.4) is 0 Å². The molecule has 2 aliphatic rings. The van der Waals surface area contributed by atoms with Crippen LogP contribution in [0.1, 0.15) is 15.9 Å². The summed E-state index contributed by atoms with van der Waals surface area (Å²) < 4.78 is 11.2. The Morgan fingerprint density at radius 1 is 1.04 bits per heavy atom. The minimum atomic E-state index is -0.768. The Balaban J connectivity index is 1.62. The number of amides is 2. The molecule has 2 aliphatic heterocycles. The molecule has 2 amide bonds. The van der Waals surface area contributed by atoms with Crippen molar-refractivity contribution >= 4 is 17.5 Å². The average Bonchev–Trinajstić information content (AvgIpc) is 2.78. The van der Waals surface area contributed by atoms with Crippen molar-refractivity contribution in [2.24, 2.45) is 0 Å². The molecule has 0 saturated carbocycles. The van der Waals surface area contributed by atoms with E-state index in [9.17, 15) is 9.59 Å². The summed E-state index contributed by atoms with van der Waals surface area (Å²) in [5.41, 5.74) is 1.57. The SMILES string of the molecule is N#Cc1ccc(C(=O)N2C[C@@H](C(=O)N3CCOCC3)Oc3ccccc32)cc1. The number of para-hydroxylation sites is 2. The van der Waals surface area contributed by atoms with Crippen molar-refractivity contribution in [3.8, 4) is 11.8 Å². The van der Waals surface area contributed by atoms with Gasteiger partial charge in [-0.3, -0.25) is 9.59 Å². The molecule has 0 N–H and O–H groups in total. The van der Waals surface area contributed by atoms with Gasteiger partial charge in [0.25, 0.3) is 11.8 Å². The number of anilines is 1. The van der Waals surface area contributed by atoms with Gasteiger partial charge in [0, 0.05) is 18.7 Å². The molecule has 2 aromatic rings. The maximum Gasteiger partial charge on any atom is 0.265 e. The number of hydrogen-bond donors (Lipinski definition) is 0. The lowest BCUT2D eigenvalue weighted by Gasteiger charge is -2.37. The van der Waals surface area contributed by atoms with Crippen LogP contribution in [0.25, 0.3) is 0 Å². The first-order valence-corrected chi connectivity index (χ1v) is 9.11. The van der Waals surface area contributed by atoms with E-state index < -0.39 is 6.10 Å². The molecular formula is C21H19N3O4. The Hall–Kier alpha value is -3.37. The number of rotatable bonds is 2. The normalized spacial score (nSPS) is 18.6. The molecule has 1 fully saturated rings. The van der Waals surface area contributed by atoms with Crippen molar-refractivity contribution in [3.05, 3.63) is 59.7 Å². The van der Waals surface area contributed by atoms with Gasteiger partial charge in [-0.15, -0.1) is 0 Å². The van der Waals surface area contributed by atoms with Gasteiger partial charge in [0.1, 0.15) is 5.75 Å². The van der Waals surface area contributed by atoms with Crippen LogP contribution in [-0.4, -0.2) is 55.7 Å². The second kappa shape index (κ2) is 7.71. The summed E-state index contributed by atoms with van der Waals surface area (Å²) in [6.45, 7) is 2.17. The number of hydrogen-bond acceptors (Lipinski definition) is 5. The average molecular weight is 377 g/mol. The Labute approximate surface area is 162 Å². The molecule has 0 spiro atoms. The minimum Gasteiger partial charge on any atom is -0.476 e. The van der Waals surface area contributed by atoms with E-state index in [1.54, 1.807) is 46.2 Å². The van der Waals surface area contributed by atoms with E-state index >= 15 is 0 Å². The number of nitriles is 1. The lowest BCUT2D eigenvalue weighted by molar-refractivity contribution is -0.142. The van der Waals surface area contributed by atoms with Crippen molar-refractivity contribution < 1.29 is 19.1 Å². The summed E-state index contributed by atoms with van der Waals surface area (Å²) in [5, 5.41) is 8.95. The summed E-state index contributed by atoms with van der Waals surface area (Å²) in [5.74, 6) is 0.123. The van der Waals surface area contributed by atoms with E-state index in [2.05, 4.69) is 0 Å². The van der Waals surface area contributed by atoms with E-state index in [1.807, 2.05) is 18.2 Å². The van der Waals surface area contributed by atoms with E-state index in [1.165, 1.54) is 0 Å². The molecule has 28 heavy (non-hydrogen) atoms. The maximum atomic E-state index is 13.1. The number of morpholine rings is 1. The van der Waals surface area contributed by atoms with E-state index in [4.69, 9.17) is 14.7 Å². The Morgan fingerprint density at radius 3 is 2.46 bits per heavy atom. The molecule has 0 aliphatic carbocycles. The molecule has 0 unspecified atom stereocenters. The van der Waals surface area contributed by atoms with Crippen molar-refractivity contribution in [2.45, 2.75) is 6.10 Å². The van der Waals surface area contributed by atoms with Crippen LogP contribution in [0.15, 0.2) is 48.5 Å². The van der Waals surface area contributed by atoms with Crippen molar-refractivity contribution in [1.82, 2.24) is 4.90 Å². The topological polar surface area (TPSA) is 82.9 Å². The quantitative estimate of drug-likeness (QED) is 0.797. The van der Waals surface area contributed by atoms with Crippen LogP contribution < -0.4 is 9.64 Å². The third-order valence-electron chi connectivity index (χ3n) is 4.88. The molecule has 1 saturated heterocycles. The summed E-state index contributed by atoms with van der Waals surface area (Å²) in [4.78, 5) is 29.4. The highest BCUT2D eigenvalue weighted by Crippen LogP contribution is 2.34.